The average Bonchev–Trinajstić information content (AvgIpc) is 2.60. The standard InChI is InChI=1S/C19H13ClF3N3O/c1-10-6-13(11-2-3-15(20)14(7-11)19(21,22)23)17(26-9-10)18(27)12-4-5-25-16(24)8-12/h2-9H,1H3,(H2,24,25). The molecule has 0 amide bonds. The smallest absolute Gasteiger partial charge is 0.384 e. The van der Waals surface area contributed by atoms with Crippen LogP contribution in [0.2, 0.25) is 5.02 Å². The van der Waals surface area contributed by atoms with Crippen LogP contribution in [0, 0.1) is 6.92 Å². The molecule has 0 aliphatic carbocycles. The van der Waals surface area contributed by atoms with E-state index in [4.69, 9.17) is 17.3 Å². The molecule has 0 atom stereocenters. The second-order valence-electron chi connectivity index (χ2n) is 5.90. The van der Waals surface area contributed by atoms with Crippen LogP contribution in [0.1, 0.15) is 27.2 Å². The van der Waals surface area contributed by atoms with Gasteiger partial charge in [-0.05, 0) is 48.4 Å². The van der Waals surface area contributed by atoms with Crippen molar-refractivity contribution >= 4 is 23.2 Å². The van der Waals surface area contributed by atoms with Crippen molar-refractivity contribution in [2.24, 2.45) is 0 Å². The van der Waals surface area contributed by atoms with Gasteiger partial charge in [-0.15, -0.1) is 0 Å². The Labute approximate surface area is 157 Å². The summed E-state index contributed by atoms with van der Waals surface area (Å²) in [5, 5.41) is -0.415. The van der Waals surface area contributed by atoms with Gasteiger partial charge >= 0.3 is 6.18 Å². The summed E-state index contributed by atoms with van der Waals surface area (Å²) >= 11 is 5.69. The average molecular weight is 392 g/mol. The first-order valence-electron chi connectivity index (χ1n) is 7.77. The zero-order valence-corrected chi connectivity index (χ0v) is 14.8. The molecule has 0 saturated carbocycles. The Bertz CT molecular complexity index is 1030. The highest BCUT2D eigenvalue weighted by Crippen LogP contribution is 2.38. The third-order valence-corrected chi connectivity index (χ3v) is 4.20. The van der Waals surface area contributed by atoms with Gasteiger partial charge in [-0.25, -0.2) is 4.98 Å². The van der Waals surface area contributed by atoms with Crippen molar-refractivity contribution in [3.63, 3.8) is 0 Å². The minimum Gasteiger partial charge on any atom is -0.384 e. The highest BCUT2D eigenvalue weighted by atomic mass is 35.5. The zero-order chi connectivity index (χ0) is 19.8. The summed E-state index contributed by atoms with van der Waals surface area (Å²) < 4.78 is 39.6. The third-order valence-electron chi connectivity index (χ3n) is 3.87. The zero-order valence-electron chi connectivity index (χ0n) is 14.0. The Kier molecular flexibility index (Phi) is 4.89. The van der Waals surface area contributed by atoms with E-state index in [0.29, 0.717) is 5.56 Å². The van der Waals surface area contributed by atoms with E-state index in [0.717, 1.165) is 12.1 Å². The van der Waals surface area contributed by atoms with Crippen molar-refractivity contribution in [2.45, 2.75) is 13.1 Å². The highest BCUT2D eigenvalue weighted by Gasteiger charge is 2.33. The van der Waals surface area contributed by atoms with Gasteiger partial charge in [-0.1, -0.05) is 17.7 Å². The molecule has 2 N–H and O–H groups in total. The lowest BCUT2D eigenvalue weighted by atomic mass is 9.96. The summed E-state index contributed by atoms with van der Waals surface area (Å²) in [7, 11) is 0. The van der Waals surface area contributed by atoms with Gasteiger partial charge in [0, 0.05) is 23.5 Å². The lowest BCUT2D eigenvalue weighted by Gasteiger charge is -2.13. The number of aromatic nitrogens is 2. The molecule has 8 heteroatoms. The summed E-state index contributed by atoms with van der Waals surface area (Å²) in [6.07, 6.45) is -1.77. The van der Waals surface area contributed by atoms with Crippen LogP contribution in [0.25, 0.3) is 11.1 Å². The Balaban J connectivity index is 2.17. The van der Waals surface area contributed by atoms with E-state index in [1.165, 1.54) is 30.6 Å². The molecule has 0 unspecified atom stereocenters. The topological polar surface area (TPSA) is 68.9 Å². The lowest BCUT2D eigenvalue weighted by molar-refractivity contribution is -0.137. The van der Waals surface area contributed by atoms with E-state index in [1.54, 1.807) is 13.0 Å². The molecule has 0 aliphatic rings. The maximum absolute atomic E-state index is 13.2. The minimum atomic E-state index is -4.62. The van der Waals surface area contributed by atoms with E-state index < -0.39 is 22.5 Å². The molecular formula is C19H13ClF3N3O. The quantitative estimate of drug-likeness (QED) is 0.642. The van der Waals surface area contributed by atoms with Crippen molar-refractivity contribution in [1.29, 1.82) is 0 Å². The van der Waals surface area contributed by atoms with Gasteiger partial charge in [-0.2, -0.15) is 13.2 Å². The number of carbonyl (C=O) groups excluding carboxylic acids is 1. The van der Waals surface area contributed by atoms with E-state index >= 15 is 0 Å². The number of rotatable bonds is 3. The number of hydrogen-bond acceptors (Lipinski definition) is 4. The van der Waals surface area contributed by atoms with Gasteiger partial charge in [0.1, 0.15) is 11.5 Å². The van der Waals surface area contributed by atoms with Crippen LogP contribution >= 0.6 is 11.6 Å². The molecule has 0 bridgehead atoms. The van der Waals surface area contributed by atoms with Gasteiger partial charge in [0.15, 0.2) is 0 Å². The van der Waals surface area contributed by atoms with Gasteiger partial charge in [-0.3, -0.25) is 9.78 Å². The van der Waals surface area contributed by atoms with E-state index in [-0.39, 0.29) is 28.2 Å². The molecule has 1 aromatic carbocycles. The summed E-state index contributed by atoms with van der Waals surface area (Å²) in [6, 6.07) is 7.95. The van der Waals surface area contributed by atoms with Crippen molar-refractivity contribution in [3.05, 3.63) is 76.2 Å². The number of benzene rings is 1. The maximum Gasteiger partial charge on any atom is 0.417 e. The Hall–Kier alpha value is -2.93. The van der Waals surface area contributed by atoms with Crippen LogP contribution < -0.4 is 5.73 Å². The number of nitrogens with two attached hydrogens (primary N) is 1. The van der Waals surface area contributed by atoms with Crippen molar-refractivity contribution in [2.75, 3.05) is 5.73 Å². The number of anilines is 1. The maximum atomic E-state index is 13.2. The highest BCUT2D eigenvalue weighted by molar-refractivity contribution is 6.31. The summed E-state index contributed by atoms with van der Waals surface area (Å²) in [4.78, 5) is 20.8. The molecule has 3 aromatic rings. The first-order valence-corrected chi connectivity index (χ1v) is 8.14. The van der Waals surface area contributed by atoms with Crippen LogP contribution in [0.3, 0.4) is 0 Å². The van der Waals surface area contributed by atoms with Crippen molar-refractivity contribution in [1.82, 2.24) is 9.97 Å². The van der Waals surface area contributed by atoms with Gasteiger partial charge in [0.05, 0.1) is 10.6 Å². The van der Waals surface area contributed by atoms with E-state index in [2.05, 4.69) is 9.97 Å². The normalized spacial score (nSPS) is 11.4. The van der Waals surface area contributed by atoms with Gasteiger partial charge < -0.3 is 5.73 Å². The minimum absolute atomic E-state index is 0.0154. The van der Waals surface area contributed by atoms with E-state index in [1.807, 2.05) is 0 Å². The molecule has 138 valence electrons. The number of carbonyl (C=O) groups is 1. The molecule has 27 heavy (non-hydrogen) atoms. The summed E-state index contributed by atoms with van der Waals surface area (Å²) in [5.74, 6) is -0.317. The number of alkyl halides is 3. The van der Waals surface area contributed by atoms with Crippen LogP contribution in [-0.4, -0.2) is 15.8 Å². The molecular weight excluding hydrogens is 379 g/mol. The Morgan fingerprint density at radius 3 is 2.52 bits per heavy atom. The number of ketones is 1. The van der Waals surface area contributed by atoms with Crippen molar-refractivity contribution < 1.29 is 18.0 Å². The third kappa shape index (κ3) is 3.93. The first-order chi connectivity index (χ1) is 12.7. The summed E-state index contributed by atoms with van der Waals surface area (Å²) in [5.41, 5.74) is 6.05. The molecule has 0 saturated heterocycles. The number of hydrogen-bond donors (Lipinski definition) is 1. The van der Waals surface area contributed by atoms with Crippen LogP contribution in [0.5, 0.6) is 0 Å². The second kappa shape index (κ2) is 7.00. The molecule has 3 rings (SSSR count). The molecule has 2 aromatic heterocycles. The van der Waals surface area contributed by atoms with Gasteiger partial charge in [0.2, 0.25) is 5.78 Å². The summed E-state index contributed by atoms with van der Waals surface area (Å²) in [6.45, 7) is 1.73. The van der Waals surface area contributed by atoms with Crippen LogP contribution in [0.4, 0.5) is 19.0 Å². The largest absolute Gasteiger partial charge is 0.417 e. The SMILES string of the molecule is Cc1cnc(C(=O)c2ccnc(N)c2)c(-c2ccc(Cl)c(C(F)(F)F)c2)c1. The predicted molar refractivity (Wildman–Crippen MR) is 96.5 cm³/mol. The Morgan fingerprint density at radius 2 is 1.85 bits per heavy atom. The molecule has 0 fully saturated rings. The monoisotopic (exact) mass is 391 g/mol. The molecule has 4 nitrogen and oxygen atoms in total. The number of nitrogen functional groups attached to an aromatic ring is 1. The van der Waals surface area contributed by atoms with Crippen LogP contribution in [0.15, 0.2) is 48.8 Å². The van der Waals surface area contributed by atoms with Crippen molar-refractivity contribution in [3.8, 4) is 11.1 Å². The molecule has 0 radical (unpaired) electrons. The van der Waals surface area contributed by atoms with E-state index in [9.17, 15) is 18.0 Å². The lowest BCUT2D eigenvalue weighted by Crippen LogP contribution is -2.09. The van der Waals surface area contributed by atoms with Crippen LogP contribution in [-0.2, 0) is 6.18 Å². The fourth-order valence-electron chi connectivity index (χ4n) is 2.61. The first kappa shape index (κ1) is 18.8. The molecule has 2 heterocycles. The van der Waals surface area contributed by atoms with Gasteiger partial charge in [0.25, 0.3) is 0 Å². The predicted octanol–water partition coefficient (Wildman–Crippen LogP) is 4.94. The fourth-order valence-corrected chi connectivity index (χ4v) is 2.83. The molecule has 0 spiro atoms. The Morgan fingerprint density at radius 1 is 1.11 bits per heavy atom. The fraction of sp³-hybridized carbons (Fsp3) is 0.105. The number of aryl methyl sites for hydroxylation is 1. The molecule has 0 aliphatic heterocycles. The number of pyridine rings is 2. The second-order valence-corrected chi connectivity index (χ2v) is 6.31. The number of halogens is 4. The number of nitrogens with zero attached hydrogens (tertiary/aromatic N) is 2.